The molecule has 0 aliphatic heterocycles. The molecule has 0 bridgehead atoms. The molecule has 0 saturated heterocycles. The van der Waals surface area contributed by atoms with E-state index in [0.717, 1.165) is 12.8 Å². The van der Waals surface area contributed by atoms with Crippen molar-refractivity contribution in [3.05, 3.63) is 24.3 Å². The molecule has 0 atom stereocenters. The molecule has 0 aromatic heterocycles. The zero-order valence-electron chi connectivity index (χ0n) is 8.11. The molecule has 0 unspecified atom stereocenters. The number of rotatable bonds is 5. The topological polar surface area (TPSA) is 0 Å². The minimum Gasteiger partial charge on any atom is -0.100 e. The molecule has 0 amide bonds. The van der Waals surface area contributed by atoms with E-state index in [2.05, 4.69) is 33.9 Å². The van der Waals surface area contributed by atoms with Crippen molar-refractivity contribution in [1.29, 1.82) is 0 Å². The Hall–Kier alpha value is -0.520. The van der Waals surface area contributed by atoms with Gasteiger partial charge in [0.1, 0.15) is 0 Å². The summed E-state index contributed by atoms with van der Waals surface area (Å²) in [7, 11) is 0. The highest BCUT2D eigenvalue weighted by molar-refractivity contribution is 4.98. The van der Waals surface area contributed by atoms with Crippen LogP contribution in [0.5, 0.6) is 0 Å². The predicted octanol–water partition coefficient (Wildman–Crippen LogP) is 3.95. The molecule has 0 aromatic rings. The highest BCUT2D eigenvalue weighted by Crippen LogP contribution is 2.15. The van der Waals surface area contributed by atoms with Gasteiger partial charge in [-0.3, -0.25) is 0 Å². The lowest BCUT2D eigenvalue weighted by Crippen LogP contribution is -1.92. The van der Waals surface area contributed by atoms with E-state index in [4.69, 9.17) is 0 Å². The summed E-state index contributed by atoms with van der Waals surface area (Å²) in [5, 5.41) is 0. The molecule has 0 aliphatic carbocycles. The first-order chi connectivity index (χ1) is 5.04. The van der Waals surface area contributed by atoms with Gasteiger partial charge in [0.05, 0.1) is 0 Å². The van der Waals surface area contributed by atoms with Crippen LogP contribution in [0.15, 0.2) is 24.3 Å². The van der Waals surface area contributed by atoms with Crippen LogP contribution in [0.2, 0.25) is 0 Å². The van der Waals surface area contributed by atoms with E-state index in [1.165, 1.54) is 17.6 Å². The standard InChI is InChI=1S/C11H20/c1-9(2)7-6-8-11(5)10(3)4/h10H,1,5-8H2,2-4H3. The van der Waals surface area contributed by atoms with Crippen LogP contribution in [0.4, 0.5) is 0 Å². The molecule has 0 heteroatoms. The third-order valence-electron chi connectivity index (χ3n) is 1.92. The summed E-state index contributed by atoms with van der Waals surface area (Å²) in [5.41, 5.74) is 2.65. The molecule has 11 heavy (non-hydrogen) atoms. The van der Waals surface area contributed by atoms with Crippen molar-refractivity contribution in [1.82, 2.24) is 0 Å². The Bertz CT molecular complexity index is 140. The van der Waals surface area contributed by atoms with Gasteiger partial charge in [0.2, 0.25) is 0 Å². The molecule has 0 aromatic carbocycles. The van der Waals surface area contributed by atoms with E-state index >= 15 is 0 Å². The van der Waals surface area contributed by atoms with Crippen molar-refractivity contribution < 1.29 is 0 Å². The first-order valence-corrected chi connectivity index (χ1v) is 4.36. The van der Waals surface area contributed by atoms with Crippen molar-refractivity contribution in [3.63, 3.8) is 0 Å². The Morgan fingerprint density at radius 3 is 2.09 bits per heavy atom. The van der Waals surface area contributed by atoms with Crippen molar-refractivity contribution in [3.8, 4) is 0 Å². The summed E-state index contributed by atoms with van der Waals surface area (Å²) in [6, 6.07) is 0. The van der Waals surface area contributed by atoms with Crippen LogP contribution < -0.4 is 0 Å². The summed E-state index contributed by atoms with van der Waals surface area (Å²) in [6.07, 6.45) is 3.52. The second-order valence-electron chi connectivity index (χ2n) is 3.62. The molecular weight excluding hydrogens is 132 g/mol. The molecule has 0 heterocycles. The molecular formula is C11H20. The maximum atomic E-state index is 4.02. The molecule has 0 rings (SSSR count). The maximum absolute atomic E-state index is 4.02. The Morgan fingerprint density at radius 2 is 1.73 bits per heavy atom. The van der Waals surface area contributed by atoms with Gasteiger partial charge < -0.3 is 0 Å². The van der Waals surface area contributed by atoms with Gasteiger partial charge in [-0.05, 0) is 32.1 Å². The van der Waals surface area contributed by atoms with Crippen LogP contribution in [0.3, 0.4) is 0 Å². The van der Waals surface area contributed by atoms with Crippen LogP contribution in [0.25, 0.3) is 0 Å². The van der Waals surface area contributed by atoms with Crippen LogP contribution >= 0.6 is 0 Å². The first-order valence-electron chi connectivity index (χ1n) is 4.36. The van der Waals surface area contributed by atoms with Crippen molar-refractivity contribution in [2.75, 3.05) is 0 Å². The Kier molecular flexibility index (Phi) is 4.93. The van der Waals surface area contributed by atoms with Gasteiger partial charge in [0.15, 0.2) is 0 Å². The van der Waals surface area contributed by atoms with Crippen LogP contribution in [0.1, 0.15) is 40.0 Å². The van der Waals surface area contributed by atoms with Crippen molar-refractivity contribution in [2.45, 2.75) is 40.0 Å². The normalized spacial score (nSPS) is 10.2. The van der Waals surface area contributed by atoms with Gasteiger partial charge in [-0.1, -0.05) is 31.6 Å². The highest BCUT2D eigenvalue weighted by Gasteiger charge is 1.98. The highest BCUT2D eigenvalue weighted by atomic mass is 14.0. The Morgan fingerprint density at radius 1 is 1.18 bits per heavy atom. The lowest BCUT2D eigenvalue weighted by atomic mass is 9.98. The molecule has 0 spiro atoms. The summed E-state index contributed by atoms with van der Waals surface area (Å²) in [6.45, 7) is 14.4. The summed E-state index contributed by atoms with van der Waals surface area (Å²) >= 11 is 0. The smallest absolute Gasteiger partial charge is 0.0263 e. The average Bonchev–Trinajstić information content (AvgIpc) is 1.86. The fourth-order valence-corrected chi connectivity index (χ4v) is 0.906. The fourth-order valence-electron chi connectivity index (χ4n) is 0.906. The fraction of sp³-hybridized carbons (Fsp3) is 0.636. The minimum absolute atomic E-state index is 0.639. The van der Waals surface area contributed by atoms with Gasteiger partial charge in [-0.15, -0.1) is 6.58 Å². The monoisotopic (exact) mass is 152 g/mol. The Balaban J connectivity index is 3.39. The number of allylic oxidation sites excluding steroid dienone is 2. The Labute approximate surface area is 71.0 Å². The molecule has 0 saturated carbocycles. The SMILES string of the molecule is C=C(C)CCCC(=C)C(C)C. The summed E-state index contributed by atoms with van der Waals surface area (Å²) in [4.78, 5) is 0. The molecule has 64 valence electrons. The second kappa shape index (κ2) is 5.17. The van der Waals surface area contributed by atoms with E-state index in [-0.39, 0.29) is 0 Å². The van der Waals surface area contributed by atoms with E-state index in [1.54, 1.807) is 0 Å². The van der Waals surface area contributed by atoms with Gasteiger partial charge in [0.25, 0.3) is 0 Å². The third kappa shape index (κ3) is 5.90. The van der Waals surface area contributed by atoms with Crippen molar-refractivity contribution in [2.24, 2.45) is 5.92 Å². The average molecular weight is 152 g/mol. The second-order valence-corrected chi connectivity index (χ2v) is 3.62. The van der Waals surface area contributed by atoms with Crippen molar-refractivity contribution >= 4 is 0 Å². The summed E-state index contributed by atoms with van der Waals surface area (Å²) < 4.78 is 0. The largest absolute Gasteiger partial charge is 0.100 e. The maximum Gasteiger partial charge on any atom is -0.0263 e. The van der Waals surface area contributed by atoms with Gasteiger partial charge in [-0.25, -0.2) is 0 Å². The zero-order chi connectivity index (χ0) is 8.85. The lowest BCUT2D eigenvalue weighted by molar-refractivity contribution is 0.683. The van der Waals surface area contributed by atoms with Gasteiger partial charge in [-0.2, -0.15) is 0 Å². The van der Waals surface area contributed by atoms with Gasteiger partial charge in [0, 0.05) is 0 Å². The minimum atomic E-state index is 0.639. The molecule has 0 nitrogen and oxygen atoms in total. The number of hydrogen-bond acceptors (Lipinski definition) is 0. The van der Waals surface area contributed by atoms with Crippen LogP contribution in [-0.4, -0.2) is 0 Å². The molecule has 0 aliphatic rings. The lowest BCUT2D eigenvalue weighted by Gasteiger charge is -2.08. The van der Waals surface area contributed by atoms with E-state index in [9.17, 15) is 0 Å². The van der Waals surface area contributed by atoms with E-state index in [0.29, 0.717) is 5.92 Å². The van der Waals surface area contributed by atoms with Crippen LogP contribution in [0, 0.1) is 5.92 Å². The molecule has 0 N–H and O–H groups in total. The quantitative estimate of drug-likeness (QED) is 0.523. The van der Waals surface area contributed by atoms with E-state index < -0.39 is 0 Å². The number of hydrogen-bond donors (Lipinski definition) is 0. The van der Waals surface area contributed by atoms with Gasteiger partial charge >= 0.3 is 0 Å². The summed E-state index contributed by atoms with van der Waals surface area (Å²) in [5.74, 6) is 0.639. The van der Waals surface area contributed by atoms with E-state index in [1.807, 2.05) is 0 Å². The molecule has 0 radical (unpaired) electrons. The first kappa shape index (κ1) is 10.5. The third-order valence-corrected chi connectivity index (χ3v) is 1.92. The van der Waals surface area contributed by atoms with Crippen LogP contribution in [-0.2, 0) is 0 Å². The molecule has 0 fully saturated rings. The predicted molar refractivity (Wildman–Crippen MR) is 52.6 cm³/mol. The zero-order valence-corrected chi connectivity index (χ0v) is 8.11.